The van der Waals surface area contributed by atoms with Gasteiger partial charge in [-0.15, -0.1) is 0 Å². The van der Waals surface area contributed by atoms with Crippen LogP contribution in [0.1, 0.15) is 38.7 Å². The van der Waals surface area contributed by atoms with Crippen molar-refractivity contribution in [2.75, 3.05) is 26.8 Å². The first kappa shape index (κ1) is 17.7. The SMILES string of the molecule is COCCC(C)C(CNCC(C)C)c1cccc(Br)c1. The predicted molar refractivity (Wildman–Crippen MR) is 90.2 cm³/mol. The molecule has 0 saturated heterocycles. The van der Waals surface area contributed by atoms with Gasteiger partial charge in [0.2, 0.25) is 0 Å². The van der Waals surface area contributed by atoms with E-state index < -0.39 is 0 Å². The van der Waals surface area contributed by atoms with Gasteiger partial charge in [-0.3, -0.25) is 0 Å². The smallest absolute Gasteiger partial charge is 0.0465 e. The number of nitrogens with one attached hydrogen (secondary N) is 1. The highest BCUT2D eigenvalue weighted by molar-refractivity contribution is 9.10. The number of ether oxygens (including phenoxy) is 1. The van der Waals surface area contributed by atoms with Crippen LogP contribution in [0.3, 0.4) is 0 Å². The zero-order valence-electron chi connectivity index (χ0n) is 13.2. The molecule has 0 amide bonds. The minimum absolute atomic E-state index is 0.529. The highest BCUT2D eigenvalue weighted by Gasteiger charge is 2.19. The molecule has 0 aliphatic rings. The lowest BCUT2D eigenvalue weighted by Gasteiger charge is -2.25. The van der Waals surface area contributed by atoms with E-state index in [-0.39, 0.29) is 0 Å². The monoisotopic (exact) mass is 341 g/mol. The molecule has 0 aromatic heterocycles. The summed E-state index contributed by atoms with van der Waals surface area (Å²) in [4.78, 5) is 0. The lowest BCUT2D eigenvalue weighted by atomic mass is 9.85. The van der Waals surface area contributed by atoms with Crippen molar-refractivity contribution in [2.24, 2.45) is 11.8 Å². The summed E-state index contributed by atoms with van der Waals surface area (Å²) >= 11 is 3.58. The molecule has 20 heavy (non-hydrogen) atoms. The molecule has 0 bridgehead atoms. The normalized spacial score (nSPS) is 14.5. The van der Waals surface area contributed by atoms with Gasteiger partial charge in [0.15, 0.2) is 0 Å². The standard InChI is InChI=1S/C17H28BrNO/c1-13(2)11-19-12-17(14(3)8-9-20-4)15-6-5-7-16(18)10-15/h5-7,10,13-14,17,19H,8-9,11-12H2,1-4H3. The maximum Gasteiger partial charge on any atom is 0.0465 e. The highest BCUT2D eigenvalue weighted by Crippen LogP contribution is 2.28. The van der Waals surface area contributed by atoms with E-state index in [2.05, 4.69) is 66.3 Å². The Morgan fingerprint density at radius 1 is 1.20 bits per heavy atom. The quantitative estimate of drug-likeness (QED) is 0.716. The largest absolute Gasteiger partial charge is 0.385 e. The molecule has 114 valence electrons. The second-order valence-corrected chi connectivity index (χ2v) is 6.89. The summed E-state index contributed by atoms with van der Waals surface area (Å²) in [6, 6.07) is 8.68. The third-order valence-electron chi connectivity index (χ3n) is 3.66. The van der Waals surface area contributed by atoms with Crippen molar-refractivity contribution < 1.29 is 4.74 Å². The number of methoxy groups -OCH3 is 1. The van der Waals surface area contributed by atoms with Crippen LogP contribution in [-0.2, 0) is 4.74 Å². The zero-order valence-corrected chi connectivity index (χ0v) is 14.7. The molecular formula is C17H28BrNO. The molecule has 0 saturated carbocycles. The number of benzene rings is 1. The van der Waals surface area contributed by atoms with Gasteiger partial charge in [0, 0.05) is 24.7 Å². The van der Waals surface area contributed by atoms with E-state index in [1.807, 2.05) is 0 Å². The zero-order chi connectivity index (χ0) is 15.0. The minimum Gasteiger partial charge on any atom is -0.385 e. The number of rotatable bonds is 9. The van der Waals surface area contributed by atoms with Crippen LogP contribution in [0.25, 0.3) is 0 Å². The van der Waals surface area contributed by atoms with E-state index in [1.165, 1.54) is 5.56 Å². The van der Waals surface area contributed by atoms with Crippen LogP contribution in [0.5, 0.6) is 0 Å². The van der Waals surface area contributed by atoms with Crippen LogP contribution in [0.4, 0.5) is 0 Å². The van der Waals surface area contributed by atoms with E-state index in [9.17, 15) is 0 Å². The first-order chi connectivity index (χ1) is 9.54. The van der Waals surface area contributed by atoms with Gasteiger partial charge in [0.05, 0.1) is 0 Å². The summed E-state index contributed by atoms with van der Waals surface area (Å²) in [5.74, 6) is 1.82. The van der Waals surface area contributed by atoms with Crippen LogP contribution < -0.4 is 5.32 Å². The molecule has 0 heterocycles. The summed E-state index contributed by atoms with van der Waals surface area (Å²) < 4.78 is 6.39. The molecule has 1 aromatic carbocycles. The van der Waals surface area contributed by atoms with Gasteiger partial charge in [-0.25, -0.2) is 0 Å². The van der Waals surface area contributed by atoms with E-state index in [0.29, 0.717) is 17.8 Å². The van der Waals surface area contributed by atoms with Crippen LogP contribution in [0.2, 0.25) is 0 Å². The predicted octanol–water partition coefficient (Wildman–Crippen LogP) is 4.45. The maximum absolute atomic E-state index is 5.24. The van der Waals surface area contributed by atoms with Crippen molar-refractivity contribution >= 4 is 15.9 Å². The van der Waals surface area contributed by atoms with Crippen molar-refractivity contribution in [3.8, 4) is 0 Å². The molecule has 1 rings (SSSR count). The Morgan fingerprint density at radius 2 is 1.95 bits per heavy atom. The van der Waals surface area contributed by atoms with E-state index in [4.69, 9.17) is 4.74 Å². The maximum atomic E-state index is 5.24. The Labute approximate surface area is 132 Å². The van der Waals surface area contributed by atoms with Crippen LogP contribution in [0, 0.1) is 11.8 Å². The van der Waals surface area contributed by atoms with Gasteiger partial charge in [-0.05, 0) is 48.4 Å². The molecule has 0 aliphatic carbocycles. The first-order valence-electron chi connectivity index (χ1n) is 7.49. The molecule has 0 spiro atoms. The highest BCUT2D eigenvalue weighted by atomic mass is 79.9. The average molecular weight is 342 g/mol. The Bertz CT molecular complexity index is 381. The van der Waals surface area contributed by atoms with Crippen LogP contribution >= 0.6 is 15.9 Å². The molecule has 0 aliphatic heterocycles. The molecule has 1 aromatic rings. The molecule has 0 radical (unpaired) electrons. The topological polar surface area (TPSA) is 21.3 Å². The number of hydrogen-bond acceptors (Lipinski definition) is 2. The molecule has 0 fully saturated rings. The number of hydrogen-bond donors (Lipinski definition) is 1. The fraction of sp³-hybridized carbons (Fsp3) is 0.647. The van der Waals surface area contributed by atoms with Crippen molar-refractivity contribution in [3.05, 3.63) is 34.3 Å². The Kier molecular flexibility index (Phi) is 8.43. The van der Waals surface area contributed by atoms with Gasteiger partial charge >= 0.3 is 0 Å². The second-order valence-electron chi connectivity index (χ2n) is 5.97. The van der Waals surface area contributed by atoms with Crippen LogP contribution in [0.15, 0.2) is 28.7 Å². The summed E-state index contributed by atoms with van der Waals surface area (Å²) in [5, 5.41) is 3.60. The van der Waals surface area contributed by atoms with Crippen molar-refractivity contribution in [1.29, 1.82) is 0 Å². The van der Waals surface area contributed by atoms with E-state index >= 15 is 0 Å². The molecule has 3 heteroatoms. The fourth-order valence-electron chi connectivity index (χ4n) is 2.42. The number of halogens is 1. The second kappa shape index (κ2) is 9.54. The third-order valence-corrected chi connectivity index (χ3v) is 4.15. The minimum atomic E-state index is 0.529. The van der Waals surface area contributed by atoms with Gasteiger partial charge in [-0.1, -0.05) is 48.8 Å². The third kappa shape index (κ3) is 6.38. The Hall–Kier alpha value is -0.380. The first-order valence-corrected chi connectivity index (χ1v) is 8.29. The molecule has 2 atom stereocenters. The molecule has 2 unspecified atom stereocenters. The van der Waals surface area contributed by atoms with Gasteiger partial charge in [0.25, 0.3) is 0 Å². The van der Waals surface area contributed by atoms with Gasteiger partial charge < -0.3 is 10.1 Å². The Morgan fingerprint density at radius 3 is 2.55 bits per heavy atom. The molecular weight excluding hydrogens is 314 g/mol. The average Bonchev–Trinajstić information content (AvgIpc) is 2.40. The van der Waals surface area contributed by atoms with Gasteiger partial charge in [-0.2, -0.15) is 0 Å². The van der Waals surface area contributed by atoms with Crippen LogP contribution in [-0.4, -0.2) is 26.8 Å². The Balaban J connectivity index is 2.72. The molecule has 1 N–H and O–H groups in total. The van der Waals surface area contributed by atoms with E-state index in [1.54, 1.807) is 7.11 Å². The van der Waals surface area contributed by atoms with Crippen molar-refractivity contribution in [1.82, 2.24) is 5.32 Å². The fourth-order valence-corrected chi connectivity index (χ4v) is 2.83. The summed E-state index contributed by atoms with van der Waals surface area (Å²) in [5.41, 5.74) is 1.40. The summed E-state index contributed by atoms with van der Waals surface area (Å²) in [6.45, 7) is 9.74. The van der Waals surface area contributed by atoms with Gasteiger partial charge in [0.1, 0.15) is 0 Å². The van der Waals surface area contributed by atoms with Crippen molar-refractivity contribution in [3.63, 3.8) is 0 Å². The van der Waals surface area contributed by atoms with Crippen molar-refractivity contribution in [2.45, 2.75) is 33.1 Å². The lowest BCUT2D eigenvalue weighted by molar-refractivity contribution is 0.173. The van der Waals surface area contributed by atoms with E-state index in [0.717, 1.165) is 30.6 Å². The summed E-state index contributed by atoms with van der Waals surface area (Å²) in [7, 11) is 1.78. The summed E-state index contributed by atoms with van der Waals surface area (Å²) in [6.07, 6.45) is 1.09. The molecule has 2 nitrogen and oxygen atoms in total. The lowest BCUT2D eigenvalue weighted by Crippen LogP contribution is -2.29.